The number of nitrogen functional groups attached to an aromatic ring is 1. The fourth-order valence-corrected chi connectivity index (χ4v) is 2.80. The van der Waals surface area contributed by atoms with Gasteiger partial charge < -0.3 is 20.7 Å². The summed E-state index contributed by atoms with van der Waals surface area (Å²) >= 11 is 0. The van der Waals surface area contributed by atoms with Gasteiger partial charge in [-0.3, -0.25) is 0 Å². The first kappa shape index (κ1) is 16.0. The Morgan fingerprint density at radius 1 is 1.38 bits per heavy atom. The molecule has 8 nitrogen and oxygen atoms in total. The highest BCUT2D eigenvalue weighted by Gasteiger charge is 2.25. The van der Waals surface area contributed by atoms with Crippen LogP contribution in [0.15, 0.2) is 30.6 Å². The Hall–Kier alpha value is -2.90. The van der Waals surface area contributed by atoms with Gasteiger partial charge in [0, 0.05) is 31.3 Å². The second-order valence-electron chi connectivity index (χ2n) is 5.64. The molecular weight excluding hydrogens is 308 g/mol. The van der Waals surface area contributed by atoms with Crippen molar-refractivity contribution < 1.29 is 9.53 Å². The van der Waals surface area contributed by atoms with Gasteiger partial charge >= 0.3 is 6.03 Å². The summed E-state index contributed by atoms with van der Waals surface area (Å²) in [6.45, 7) is 1.32. The monoisotopic (exact) mass is 328 g/mol. The lowest BCUT2D eigenvalue weighted by Crippen LogP contribution is -2.41. The maximum Gasteiger partial charge on any atom is 0.321 e. The number of hydrogen-bond donors (Lipinski definition) is 2. The minimum Gasteiger partial charge on any atom is -0.481 e. The molecule has 24 heavy (non-hydrogen) atoms. The third kappa shape index (κ3) is 3.70. The van der Waals surface area contributed by atoms with Gasteiger partial charge in [0.1, 0.15) is 0 Å². The molecule has 1 aliphatic rings. The number of pyridine rings is 1. The van der Waals surface area contributed by atoms with Gasteiger partial charge in [0.15, 0.2) is 0 Å². The number of carbonyl (C=O) groups is 1. The molecule has 1 aliphatic heterocycles. The highest BCUT2D eigenvalue weighted by Crippen LogP contribution is 2.26. The van der Waals surface area contributed by atoms with Crippen LogP contribution in [0.1, 0.15) is 24.5 Å². The third-order valence-electron chi connectivity index (χ3n) is 4.02. The van der Waals surface area contributed by atoms with Gasteiger partial charge in [-0.2, -0.15) is 0 Å². The summed E-state index contributed by atoms with van der Waals surface area (Å²) in [7, 11) is 1.55. The molecule has 0 radical (unpaired) electrons. The number of hydrogen-bond acceptors (Lipinski definition) is 6. The molecule has 8 heteroatoms. The van der Waals surface area contributed by atoms with Crippen molar-refractivity contribution in [3.63, 3.8) is 0 Å². The fraction of sp³-hybridized carbons (Fsp3) is 0.375. The number of methoxy groups -OCH3 is 1. The zero-order valence-corrected chi connectivity index (χ0v) is 13.5. The molecule has 2 aromatic heterocycles. The molecule has 0 aliphatic carbocycles. The molecule has 126 valence electrons. The lowest BCUT2D eigenvalue weighted by Gasteiger charge is -2.32. The summed E-state index contributed by atoms with van der Waals surface area (Å²) in [6, 6.07) is 5.18. The summed E-state index contributed by atoms with van der Waals surface area (Å²) < 4.78 is 5.01. The largest absolute Gasteiger partial charge is 0.481 e. The maximum atomic E-state index is 12.5. The second-order valence-corrected chi connectivity index (χ2v) is 5.64. The number of likely N-dealkylation sites (tertiary alicyclic amines) is 1. The van der Waals surface area contributed by atoms with Crippen LogP contribution in [0.25, 0.3) is 0 Å². The van der Waals surface area contributed by atoms with Gasteiger partial charge in [0.25, 0.3) is 0 Å². The summed E-state index contributed by atoms with van der Waals surface area (Å²) in [5.41, 5.74) is 7.17. The van der Waals surface area contributed by atoms with Crippen LogP contribution in [-0.2, 0) is 0 Å². The lowest BCUT2D eigenvalue weighted by molar-refractivity contribution is 0.192. The lowest BCUT2D eigenvalue weighted by atomic mass is 9.95. The number of rotatable bonds is 3. The van der Waals surface area contributed by atoms with Crippen molar-refractivity contribution in [2.24, 2.45) is 0 Å². The molecular formula is C16H20N6O2. The molecule has 3 rings (SSSR count). The van der Waals surface area contributed by atoms with Crippen LogP contribution < -0.4 is 15.8 Å². The SMILES string of the molecule is COc1ccc(NC(=O)N2CCCC(c3ccnc(N)n3)C2)cn1. The third-order valence-corrected chi connectivity index (χ3v) is 4.02. The number of amides is 2. The van der Waals surface area contributed by atoms with Crippen LogP contribution in [0.4, 0.5) is 16.4 Å². The molecule has 0 spiro atoms. The van der Waals surface area contributed by atoms with Crippen LogP contribution in [0.3, 0.4) is 0 Å². The Bertz CT molecular complexity index is 706. The van der Waals surface area contributed by atoms with E-state index < -0.39 is 0 Å². The van der Waals surface area contributed by atoms with Crippen LogP contribution in [0.5, 0.6) is 5.88 Å². The first-order valence-corrected chi connectivity index (χ1v) is 7.80. The number of anilines is 2. The van der Waals surface area contributed by atoms with E-state index in [0.717, 1.165) is 18.5 Å². The topological polar surface area (TPSA) is 106 Å². The summed E-state index contributed by atoms with van der Waals surface area (Å²) in [5, 5.41) is 2.86. The Morgan fingerprint density at radius 2 is 2.25 bits per heavy atom. The maximum absolute atomic E-state index is 12.5. The van der Waals surface area contributed by atoms with Crippen molar-refractivity contribution in [1.82, 2.24) is 19.9 Å². The molecule has 2 amide bonds. The van der Waals surface area contributed by atoms with Crippen molar-refractivity contribution in [2.45, 2.75) is 18.8 Å². The quantitative estimate of drug-likeness (QED) is 0.891. The molecule has 3 N–H and O–H groups in total. The minimum atomic E-state index is -0.145. The molecule has 3 heterocycles. The molecule has 2 aromatic rings. The number of nitrogens with one attached hydrogen (secondary N) is 1. The van der Waals surface area contributed by atoms with Crippen LogP contribution in [0, 0.1) is 0 Å². The van der Waals surface area contributed by atoms with E-state index in [-0.39, 0.29) is 17.9 Å². The van der Waals surface area contributed by atoms with Crippen LogP contribution in [-0.4, -0.2) is 46.1 Å². The van der Waals surface area contributed by atoms with Crippen molar-refractivity contribution in [1.29, 1.82) is 0 Å². The van der Waals surface area contributed by atoms with Gasteiger partial charge in [0.2, 0.25) is 11.8 Å². The summed E-state index contributed by atoms with van der Waals surface area (Å²) in [6.07, 6.45) is 5.12. The van der Waals surface area contributed by atoms with E-state index in [1.54, 1.807) is 36.5 Å². The molecule has 1 unspecified atom stereocenters. The van der Waals surface area contributed by atoms with E-state index in [1.165, 1.54) is 0 Å². The van der Waals surface area contributed by atoms with Gasteiger partial charge in [-0.05, 0) is 25.0 Å². The van der Waals surface area contributed by atoms with Gasteiger partial charge in [-0.25, -0.2) is 19.7 Å². The zero-order valence-electron chi connectivity index (χ0n) is 13.5. The van der Waals surface area contributed by atoms with E-state index in [4.69, 9.17) is 10.5 Å². The first-order valence-electron chi connectivity index (χ1n) is 7.80. The van der Waals surface area contributed by atoms with Gasteiger partial charge in [0.05, 0.1) is 24.7 Å². The molecule has 1 atom stereocenters. The van der Waals surface area contributed by atoms with E-state index in [2.05, 4.69) is 20.3 Å². The Balaban J connectivity index is 1.64. The highest BCUT2D eigenvalue weighted by molar-refractivity contribution is 5.89. The van der Waals surface area contributed by atoms with E-state index >= 15 is 0 Å². The minimum absolute atomic E-state index is 0.145. The molecule has 0 saturated carbocycles. The Labute approximate surface area is 140 Å². The highest BCUT2D eigenvalue weighted by atomic mass is 16.5. The predicted octanol–water partition coefficient (Wildman–Crippen LogP) is 1.87. The van der Waals surface area contributed by atoms with Crippen molar-refractivity contribution in [2.75, 3.05) is 31.2 Å². The van der Waals surface area contributed by atoms with Crippen LogP contribution >= 0.6 is 0 Å². The number of urea groups is 1. The Kier molecular flexibility index (Phi) is 4.74. The van der Waals surface area contributed by atoms with Crippen molar-refractivity contribution >= 4 is 17.7 Å². The number of aromatic nitrogens is 3. The average Bonchev–Trinajstić information content (AvgIpc) is 2.62. The zero-order chi connectivity index (χ0) is 16.9. The standard InChI is InChI=1S/C16H20N6O2/c1-24-14-5-4-12(9-19-14)20-16(23)22-8-2-3-11(10-22)13-6-7-18-15(17)21-13/h4-7,9,11H,2-3,8,10H2,1H3,(H,20,23)(H2,17,18,21). The van der Waals surface area contributed by atoms with E-state index in [0.29, 0.717) is 24.7 Å². The molecule has 1 saturated heterocycles. The molecule has 0 aromatic carbocycles. The number of nitrogens with zero attached hydrogens (tertiary/aromatic N) is 4. The fourth-order valence-electron chi connectivity index (χ4n) is 2.80. The number of carbonyl (C=O) groups excluding carboxylic acids is 1. The van der Waals surface area contributed by atoms with Crippen molar-refractivity contribution in [3.8, 4) is 5.88 Å². The average molecular weight is 328 g/mol. The number of nitrogens with two attached hydrogens (primary N) is 1. The number of ether oxygens (including phenoxy) is 1. The smallest absolute Gasteiger partial charge is 0.321 e. The van der Waals surface area contributed by atoms with Gasteiger partial charge in [-0.1, -0.05) is 0 Å². The predicted molar refractivity (Wildman–Crippen MR) is 89.8 cm³/mol. The van der Waals surface area contributed by atoms with E-state index in [9.17, 15) is 4.79 Å². The summed E-state index contributed by atoms with van der Waals surface area (Å²) in [4.78, 5) is 26.5. The first-order chi connectivity index (χ1) is 11.7. The normalized spacial score (nSPS) is 17.4. The van der Waals surface area contributed by atoms with Crippen molar-refractivity contribution in [3.05, 3.63) is 36.3 Å². The number of piperidine rings is 1. The summed E-state index contributed by atoms with van der Waals surface area (Å²) in [5.74, 6) is 0.939. The molecule has 0 bridgehead atoms. The molecule has 1 fully saturated rings. The van der Waals surface area contributed by atoms with Gasteiger partial charge in [-0.15, -0.1) is 0 Å². The van der Waals surface area contributed by atoms with Crippen LogP contribution in [0.2, 0.25) is 0 Å². The Morgan fingerprint density at radius 3 is 2.96 bits per heavy atom. The van der Waals surface area contributed by atoms with E-state index in [1.807, 2.05) is 6.07 Å². The second kappa shape index (κ2) is 7.12.